The Morgan fingerprint density at radius 2 is 1.50 bits per heavy atom. The molecule has 5 aromatic rings. The molecule has 0 saturated heterocycles. The lowest BCUT2D eigenvalue weighted by Gasteiger charge is -2.09. The molecule has 0 aliphatic rings. The predicted molar refractivity (Wildman–Crippen MR) is 188 cm³/mol. The highest BCUT2D eigenvalue weighted by Gasteiger charge is 2.22. The van der Waals surface area contributed by atoms with E-state index in [1.54, 1.807) is 40.9 Å². The Hall–Kier alpha value is -4.21. The zero-order chi connectivity index (χ0) is 32.3. The number of hydrogen-bond acceptors (Lipinski definition) is 5. The van der Waals surface area contributed by atoms with Crippen molar-refractivity contribution < 1.29 is 14.3 Å². The second-order valence-electron chi connectivity index (χ2n) is 11.4. The number of rotatable bonds is 16. The Labute approximate surface area is 279 Å². The first kappa shape index (κ1) is 33.2. The number of amides is 2. The van der Waals surface area contributed by atoms with E-state index in [4.69, 9.17) is 33.0 Å². The van der Waals surface area contributed by atoms with E-state index in [0.717, 1.165) is 18.4 Å². The number of carbonyl (C=O) groups excluding carboxylic acids is 2. The van der Waals surface area contributed by atoms with Crippen LogP contribution in [0, 0.1) is 0 Å². The predicted octanol–water partition coefficient (Wildman–Crippen LogP) is 10.7. The van der Waals surface area contributed by atoms with Crippen LogP contribution >= 0.6 is 23.2 Å². The molecular formula is C35H40Cl2N6O3. The fourth-order valence-corrected chi connectivity index (χ4v) is 5.66. The number of anilines is 4. The minimum atomic E-state index is -0.710. The number of nitrogens with zero attached hydrogens (tertiary/aromatic N) is 2. The third kappa shape index (κ3) is 8.95. The molecule has 2 heterocycles. The Bertz CT molecular complexity index is 1770. The number of unbranched alkanes of at least 4 members (excludes halogenated alkanes) is 9. The summed E-state index contributed by atoms with van der Waals surface area (Å²) in [6.45, 7) is 2.24. The number of imidazole rings is 1. The highest BCUT2D eigenvalue weighted by molar-refractivity contribution is 6.33. The van der Waals surface area contributed by atoms with Crippen LogP contribution in [0.2, 0.25) is 10.0 Å². The van der Waals surface area contributed by atoms with E-state index in [2.05, 4.69) is 27.9 Å². The van der Waals surface area contributed by atoms with Gasteiger partial charge >= 0.3 is 6.09 Å². The largest absolute Gasteiger partial charge is 0.417 e. The van der Waals surface area contributed by atoms with Gasteiger partial charge in [-0.3, -0.25) is 10.1 Å². The van der Waals surface area contributed by atoms with Crippen LogP contribution in [-0.2, 0) is 4.79 Å². The normalized spacial score (nSPS) is 11.2. The number of H-pyrrole nitrogens is 1. The minimum absolute atomic E-state index is 0.00984. The molecule has 0 spiro atoms. The molecule has 0 radical (unpaired) electrons. The van der Waals surface area contributed by atoms with E-state index in [9.17, 15) is 9.59 Å². The number of hydrogen-bond donors (Lipinski definition) is 4. The Morgan fingerprint density at radius 1 is 0.826 bits per heavy atom. The summed E-state index contributed by atoms with van der Waals surface area (Å²) in [5.41, 5.74) is 3.69. The molecule has 2 aromatic heterocycles. The summed E-state index contributed by atoms with van der Waals surface area (Å²) in [4.78, 5) is 28.9. The van der Waals surface area contributed by atoms with Gasteiger partial charge in [0.25, 0.3) is 0 Å². The number of halogens is 2. The van der Waals surface area contributed by atoms with Crippen molar-refractivity contribution in [3.63, 3.8) is 0 Å². The molecule has 11 heteroatoms. The van der Waals surface area contributed by atoms with Gasteiger partial charge in [0.1, 0.15) is 0 Å². The van der Waals surface area contributed by atoms with Crippen molar-refractivity contribution in [1.29, 1.82) is 0 Å². The summed E-state index contributed by atoms with van der Waals surface area (Å²) >= 11 is 12.4. The lowest BCUT2D eigenvalue weighted by molar-refractivity contribution is -0.116. The van der Waals surface area contributed by atoms with Crippen molar-refractivity contribution in [2.75, 3.05) is 16.0 Å². The monoisotopic (exact) mass is 662 g/mol. The van der Waals surface area contributed by atoms with Crippen LogP contribution in [-0.4, -0.2) is 26.6 Å². The van der Waals surface area contributed by atoms with Crippen molar-refractivity contribution >= 4 is 74.8 Å². The lowest BCUT2D eigenvalue weighted by atomic mass is 10.1. The van der Waals surface area contributed by atoms with Crippen LogP contribution in [0.15, 0.2) is 66.7 Å². The van der Waals surface area contributed by atoms with Gasteiger partial charge in [-0.25, -0.2) is 9.31 Å². The Balaban J connectivity index is 1.25. The molecule has 4 N–H and O–H groups in total. The van der Waals surface area contributed by atoms with E-state index in [0.29, 0.717) is 50.5 Å². The van der Waals surface area contributed by atoms with Crippen LogP contribution in [0.4, 0.5) is 27.7 Å². The van der Waals surface area contributed by atoms with Crippen molar-refractivity contribution in [1.82, 2.24) is 14.6 Å². The van der Waals surface area contributed by atoms with E-state index in [1.165, 1.54) is 51.4 Å². The maximum Gasteiger partial charge on any atom is 0.417 e. The number of aromatic nitrogens is 3. The molecule has 2 amide bonds. The van der Waals surface area contributed by atoms with Gasteiger partial charge in [-0.1, -0.05) is 100 Å². The standard InChI is InChI=1S/C35H40Cl2N6O3/c1-2-3-4-5-6-7-8-9-10-11-16-31(44)38-26-21-22-30-29(23-26)41-34-32(46-35(45)39-25-19-17-24(36)18-20-25)33(42-43(30)34)40-28-15-13-12-14-27(28)37/h12-15,17-23,41H,2-11,16H2,1H3,(H,38,44)(H,39,45)(H,40,42). The fourth-order valence-electron chi connectivity index (χ4n) is 5.35. The van der Waals surface area contributed by atoms with E-state index < -0.39 is 6.09 Å². The van der Waals surface area contributed by atoms with Gasteiger partial charge in [0.05, 0.1) is 21.7 Å². The van der Waals surface area contributed by atoms with Crippen LogP contribution in [0.25, 0.3) is 16.7 Å². The van der Waals surface area contributed by atoms with Crippen molar-refractivity contribution in [3.8, 4) is 5.75 Å². The molecule has 9 nitrogen and oxygen atoms in total. The van der Waals surface area contributed by atoms with Gasteiger partial charge in [-0.05, 0) is 61.0 Å². The summed E-state index contributed by atoms with van der Waals surface area (Å²) in [5.74, 6) is 0.458. The number of carbonyl (C=O) groups is 2. The van der Waals surface area contributed by atoms with Crippen molar-refractivity contribution in [3.05, 3.63) is 76.8 Å². The van der Waals surface area contributed by atoms with Gasteiger partial charge in [0.15, 0.2) is 11.5 Å². The Kier molecular flexibility index (Phi) is 11.8. The van der Waals surface area contributed by atoms with Gasteiger partial charge in [0, 0.05) is 22.8 Å². The first-order valence-corrected chi connectivity index (χ1v) is 16.8. The van der Waals surface area contributed by atoms with Gasteiger partial charge in [-0.2, -0.15) is 0 Å². The van der Waals surface area contributed by atoms with E-state index in [1.807, 2.05) is 30.3 Å². The summed E-state index contributed by atoms with van der Waals surface area (Å²) in [6, 6.07) is 19.5. The molecule has 46 heavy (non-hydrogen) atoms. The summed E-state index contributed by atoms with van der Waals surface area (Å²) in [7, 11) is 0. The van der Waals surface area contributed by atoms with Crippen LogP contribution < -0.4 is 20.7 Å². The van der Waals surface area contributed by atoms with Gasteiger partial charge in [0.2, 0.25) is 11.7 Å². The lowest BCUT2D eigenvalue weighted by Crippen LogP contribution is -2.17. The highest BCUT2D eigenvalue weighted by atomic mass is 35.5. The van der Waals surface area contributed by atoms with Crippen LogP contribution in [0.3, 0.4) is 0 Å². The SMILES string of the molecule is CCCCCCCCCCCCC(=O)Nc1ccc2c(c1)[nH]c1c(OC(=O)Nc3ccc(Cl)cc3)c(Nc3ccccc3Cl)nn12. The molecule has 0 fully saturated rings. The van der Waals surface area contributed by atoms with E-state index in [-0.39, 0.29) is 11.7 Å². The molecule has 0 unspecified atom stereocenters. The quantitative estimate of drug-likeness (QED) is 0.0785. The zero-order valence-corrected chi connectivity index (χ0v) is 27.5. The molecule has 0 saturated carbocycles. The molecule has 0 aliphatic carbocycles. The average molecular weight is 664 g/mol. The fraction of sp³-hybridized carbons (Fsp3) is 0.343. The molecular weight excluding hydrogens is 623 g/mol. The Morgan fingerprint density at radius 3 is 2.22 bits per heavy atom. The number of ether oxygens (including phenoxy) is 1. The summed E-state index contributed by atoms with van der Waals surface area (Å²) in [6.07, 6.45) is 12.0. The second kappa shape index (κ2) is 16.4. The van der Waals surface area contributed by atoms with Gasteiger partial charge in [-0.15, -0.1) is 5.10 Å². The third-order valence-electron chi connectivity index (χ3n) is 7.77. The molecule has 0 atom stereocenters. The second-order valence-corrected chi connectivity index (χ2v) is 12.2. The maximum atomic E-state index is 13.0. The number of benzene rings is 3. The number of fused-ring (bicyclic) bond motifs is 3. The minimum Gasteiger partial charge on any atom is -0.402 e. The zero-order valence-electron chi connectivity index (χ0n) is 26.0. The number of aromatic amines is 1. The van der Waals surface area contributed by atoms with Crippen LogP contribution in [0.1, 0.15) is 77.6 Å². The highest BCUT2D eigenvalue weighted by Crippen LogP contribution is 2.36. The maximum absolute atomic E-state index is 13.0. The third-order valence-corrected chi connectivity index (χ3v) is 8.35. The smallest absolute Gasteiger partial charge is 0.402 e. The summed E-state index contributed by atoms with van der Waals surface area (Å²) in [5, 5.41) is 14.6. The molecule has 5 rings (SSSR count). The molecule has 3 aromatic carbocycles. The number of para-hydroxylation sites is 1. The number of nitrogens with one attached hydrogen (secondary N) is 4. The molecule has 242 valence electrons. The summed E-state index contributed by atoms with van der Waals surface area (Å²) < 4.78 is 7.45. The van der Waals surface area contributed by atoms with Crippen LogP contribution in [0.5, 0.6) is 5.75 Å². The first-order chi connectivity index (χ1) is 22.4. The molecule has 0 aliphatic heterocycles. The van der Waals surface area contributed by atoms with Crippen molar-refractivity contribution in [2.45, 2.75) is 77.6 Å². The van der Waals surface area contributed by atoms with Crippen molar-refractivity contribution in [2.24, 2.45) is 0 Å². The first-order valence-electron chi connectivity index (χ1n) is 16.0. The van der Waals surface area contributed by atoms with Gasteiger partial charge < -0.3 is 20.4 Å². The topological polar surface area (TPSA) is 113 Å². The molecule has 0 bridgehead atoms. The van der Waals surface area contributed by atoms with E-state index >= 15 is 0 Å². The average Bonchev–Trinajstić information content (AvgIpc) is 3.55.